The van der Waals surface area contributed by atoms with Crippen molar-refractivity contribution in [2.45, 2.75) is 23.7 Å². The molecule has 1 heterocycles. The summed E-state index contributed by atoms with van der Waals surface area (Å²) in [6.45, 7) is 1.29. The Hall–Kier alpha value is -1.40. The minimum Gasteiger partial charge on any atom is -0.481 e. The third kappa shape index (κ3) is 3.58. The van der Waals surface area contributed by atoms with Crippen molar-refractivity contribution in [1.29, 1.82) is 0 Å². The highest BCUT2D eigenvalue weighted by Crippen LogP contribution is 2.29. The fraction of sp³-hybridized carbons (Fsp3) is 0.500. The third-order valence-corrected chi connectivity index (χ3v) is 4.73. The molecule has 0 bridgehead atoms. The van der Waals surface area contributed by atoms with Gasteiger partial charge in [-0.05, 0) is 36.5 Å². The summed E-state index contributed by atoms with van der Waals surface area (Å²) in [4.78, 5) is 11.6. The average molecular weight is 298 g/mol. The normalized spacial score (nSPS) is 20.8. The molecule has 2 unspecified atom stereocenters. The Morgan fingerprint density at radius 2 is 2.05 bits per heavy atom. The number of carboxylic acid groups (broad SMARTS) is 1. The predicted octanol–water partition coefficient (Wildman–Crippen LogP) is 1.68. The second-order valence-electron chi connectivity index (χ2n) is 5.20. The van der Waals surface area contributed by atoms with Crippen molar-refractivity contribution in [3.63, 3.8) is 0 Å². The standard InChI is InChI=1S/C14H18O5S/c1-20(17,18)12-4-2-11(3-5-12)13(14(15)16)8-10-6-7-19-9-10/h2-5,10,13H,6-9H2,1H3,(H,15,16). The fourth-order valence-electron chi connectivity index (χ4n) is 2.43. The van der Waals surface area contributed by atoms with Gasteiger partial charge in [0.05, 0.1) is 10.8 Å². The molecule has 6 heteroatoms. The Morgan fingerprint density at radius 3 is 2.50 bits per heavy atom. The molecule has 0 aliphatic carbocycles. The van der Waals surface area contributed by atoms with Crippen LogP contribution < -0.4 is 0 Å². The molecule has 0 spiro atoms. The van der Waals surface area contributed by atoms with E-state index in [1.165, 1.54) is 12.1 Å². The predicted molar refractivity (Wildman–Crippen MR) is 73.5 cm³/mol. The Kier molecular flexibility index (Phi) is 4.45. The zero-order valence-electron chi connectivity index (χ0n) is 11.3. The molecular weight excluding hydrogens is 280 g/mol. The van der Waals surface area contributed by atoms with Crippen molar-refractivity contribution < 1.29 is 23.1 Å². The van der Waals surface area contributed by atoms with E-state index >= 15 is 0 Å². The zero-order chi connectivity index (χ0) is 14.8. The fourth-order valence-corrected chi connectivity index (χ4v) is 3.06. The van der Waals surface area contributed by atoms with Gasteiger partial charge in [-0.25, -0.2) is 8.42 Å². The monoisotopic (exact) mass is 298 g/mol. The second kappa shape index (κ2) is 5.93. The Balaban J connectivity index is 2.19. The molecule has 5 nitrogen and oxygen atoms in total. The van der Waals surface area contributed by atoms with Crippen LogP contribution in [0.1, 0.15) is 24.3 Å². The highest BCUT2D eigenvalue weighted by molar-refractivity contribution is 7.90. The SMILES string of the molecule is CS(=O)(=O)c1ccc(C(CC2CCOC2)C(=O)O)cc1. The van der Waals surface area contributed by atoms with E-state index in [0.29, 0.717) is 25.2 Å². The van der Waals surface area contributed by atoms with E-state index in [1.54, 1.807) is 12.1 Å². The third-order valence-electron chi connectivity index (χ3n) is 3.60. The van der Waals surface area contributed by atoms with Crippen molar-refractivity contribution in [2.75, 3.05) is 19.5 Å². The second-order valence-corrected chi connectivity index (χ2v) is 7.21. The van der Waals surface area contributed by atoms with Crippen LogP contribution >= 0.6 is 0 Å². The number of carboxylic acids is 1. The number of hydrogen-bond acceptors (Lipinski definition) is 4. The summed E-state index contributed by atoms with van der Waals surface area (Å²) >= 11 is 0. The van der Waals surface area contributed by atoms with E-state index in [0.717, 1.165) is 12.7 Å². The lowest BCUT2D eigenvalue weighted by molar-refractivity contribution is -0.139. The number of hydrogen-bond donors (Lipinski definition) is 1. The molecule has 1 aromatic carbocycles. The summed E-state index contributed by atoms with van der Waals surface area (Å²) in [5.74, 6) is -1.25. The van der Waals surface area contributed by atoms with Gasteiger partial charge in [-0.3, -0.25) is 4.79 Å². The first-order valence-electron chi connectivity index (χ1n) is 6.48. The topological polar surface area (TPSA) is 80.7 Å². The quantitative estimate of drug-likeness (QED) is 0.894. The first-order valence-corrected chi connectivity index (χ1v) is 8.37. The van der Waals surface area contributed by atoms with Crippen molar-refractivity contribution >= 4 is 15.8 Å². The van der Waals surface area contributed by atoms with E-state index in [-0.39, 0.29) is 10.8 Å². The Labute approximate surface area is 118 Å². The number of aliphatic carboxylic acids is 1. The molecule has 2 rings (SSSR count). The molecule has 0 radical (unpaired) electrons. The summed E-state index contributed by atoms with van der Waals surface area (Å²) < 4.78 is 28.1. The van der Waals surface area contributed by atoms with Crippen LogP contribution in [0, 0.1) is 5.92 Å². The van der Waals surface area contributed by atoms with Gasteiger partial charge in [0.15, 0.2) is 9.84 Å². The maximum absolute atomic E-state index is 11.4. The summed E-state index contributed by atoms with van der Waals surface area (Å²) in [6.07, 6.45) is 2.53. The van der Waals surface area contributed by atoms with Gasteiger partial charge < -0.3 is 9.84 Å². The van der Waals surface area contributed by atoms with E-state index in [9.17, 15) is 18.3 Å². The smallest absolute Gasteiger partial charge is 0.310 e. The number of sulfone groups is 1. The van der Waals surface area contributed by atoms with Crippen molar-refractivity contribution in [3.8, 4) is 0 Å². The van der Waals surface area contributed by atoms with Crippen LogP contribution in [0.3, 0.4) is 0 Å². The van der Waals surface area contributed by atoms with Crippen LogP contribution in [-0.4, -0.2) is 39.0 Å². The number of rotatable bonds is 5. The first kappa shape index (κ1) is 15.0. The van der Waals surface area contributed by atoms with Gasteiger partial charge in [-0.1, -0.05) is 12.1 Å². The molecule has 0 saturated carbocycles. The van der Waals surface area contributed by atoms with Gasteiger partial charge in [0, 0.05) is 19.5 Å². The molecule has 1 aliphatic rings. The lowest BCUT2D eigenvalue weighted by Crippen LogP contribution is -2.16. The molecule has 2 atom stereocenters. The van der Waals surface area contributed by atoms with Crippen LogP contribution in [0.25, 0.3) is 0 Å². The zero-order valence-corrected chi connectivity index (χ0v) is 12.1. The van der Waals surface area contributed by atoms with Gasteiger partial charge in [-0.2, -0.15) is 0 Å². The van der Waals surface area contributed by atoms with E-state index in [2.05, 4.69) is 0 Å². The molecule has 20 heavy (non-hydrogen) atoms. The molecule has 110 valence electrons. The molecule has 0 amide bonds. The van der Waals surface area contributed by atoms with Crippen LogP contribution in [0.15, 0.2) is 29.2 Å². The van der Waals surface area contributed by atoms with E-state index < -0.39 is 21.7 Å². The van der Waals surface area contributed by atoms with Crippen molar-refractivity contribution in [3.05, 3.63) is 29.8 Å². The number of carbonyl (C=O) groups is 1. The Morgan fingerprint density at radius 1 is 1.40 bits per heavy atom. The first-order chi connectivity index (χ1) is 9.38. The maximum atomic E-state index is 11.4. The van der Waals surface area contributed by atoms with Crippen LogP contribution in [0.4, 0.5) is 0 Å². The molecular formula is C14H18O5S. The lowest BCUT2D eigenvalue weighted by atomic mass is 9.88. The summed E-state index contributed by atoms with van der Waals surface area (Å²) in [7, 11) is -3.26. The summed E-state index contributed by atoms with van der Waals surface area (Å²) in [6, 6.07) is 6.10. The molecule has 1 N–H and O–H groups in total. The number of benzene rings is 1. The van der Waals surface area contributed by atoms with E-state index in [1.807, 2.05) is 0 Å². The average Bonchev–Trinajstić information content (AvgIpc) is 2.87. The molecule has 1 saturated heterocycles. The van der Waals surface area contributed by atoms with Gasteiger partial charge in [-0.15, -0.1) is 0 Å². The minimum absolute atomic E-state index is 0.203. The van der Waals surface area contributed by atoms with Crippen LogP contribution in [0.2, 0.25) is 0 Å². The van der Waals surface area contributed by atoms with Gasteiger partial charge in [0.1, 0.15) is 0 Å². The van der Waals surface area contributed by atoms with Gasteiger partial charge in [0.25, 0.3) is 0 Å². The lowest BCUT2D eigenvalue weighted by Gasteiger charge is -2.16. The minimum atomic E-state index is -3.26. The largest absolute Gasteiger partial charge is 0.481 e. The van der Waals surface area contributed by atoms with Crippen LogP contribution in [-0.2, 0) is 19.4 Å². The molecule has 1 fully saturated rings. The highest BCUT2D eigenvalue weighted by Gasteiger charge is 2.26. The summed E-state index contributed by atoms with van der Waals surface area (Å²) in [5.41, 5.74) is 0.636. The molecule has 1 aliphatic heterocycles. The van der Waals surface area contributed by atoms with E-state index in [4.69, 9.17) is 4.74 Å². The number of ether oxygens (including phenoxy) is 1. The van der Waals surface area contributed by atoms with Gasteiger partial charge in [0.2, 0.25) is 0 Å². The highest BCUT2D eigenvalue weighted by atomic mass is 32.2. The van der Waals surface area contributed by atoms with Crippen LogP contribution in [0.5, 0.6) is 0 Å². The van der Waals surface area contributed by atoms with Crippen molar-refractivity contribution in [2.24, 2.45) is 5.92 Å². The van der Waals surface area contributed by atoms with Gasteiger partial charge >= 0.3 is 5.97 Å². The Bertz CT molecular complexity index is 570. The molecule has 0 aromatic heterocycles. The van der Waals surface area contributed by atoms with Crippen molar-refractivity contribution in [1.82, 2.24) is 0 Å². The summed E-state index contributed by atoms with van der Waals surface area (Å²) in [5, 5.41) is 9.36. The molecule has 1 aromatic rings. The maximum Gasteiger partial charge on any atom is 0.310 e.